The van der Waals surface area contributed by atoms with Crippen LogP contribution in [0.2, 0.25) is 0 Å². The second kappa shape index (κ2) is 6.97. The SMILES string of the molecule is CC(=O)Nc1ccc(-c2nccn2Cc2ccc(F)c(Br)c2)cc1. The lowest BCUT2D eigenvalue weighted by Gasteiger charge is -2.10. The molecular formula is C18H15BrFN3O. The molecule has 122 valence electrons. The molecule has 4 nitrogen and oxygen atoms in total. The van der Waals surface area contributed by atoms with E-state index >= 15 is 0 Å². The predicted octanol–water partition coefficient (Wildman–Crippen LogP) is 4.46. The molecule has 24 heavy (non-hydrogen) atoms. The van der Waals surface area contributed by atoms with Crippen molar-refractivity contribution in [2.45, 2.75) is 13.5 Å². The van der Waals surface area contributed by atoms with Crippen molar-refractivity contribution in [1.29, 1.82) is 0 Å². The van der Waals surface area contributed by atoms with Crippen LogP contribution < -0.4 is 5.32 Å². The molecule has 0 aliphatic heterocycles. The Morgan fingerprint density at radius 3 is 2.67 bits per heavy atom. The maximum atomic E-state index is 13.4. The van der Waals surface area contributed by atoms with Crippen LogP contribution in [0.3, 0.4) is 0 Å². The predicted molar refractivity (Wildman–Crippen MR) is 95.2 cm³/mol. The van der Waals surface area contributed by atoms with E-state index in [0.717, 1.165) is 22.6 Å². The van der Waals surface area contributed by atoms with Crippen molar-refractivity contribution in [2.24, 2.45) is 0 Å². The molecule has 0 unspecified atom stereocenters. The number of rotatable bonds is 4. The van der Waals surface area contributed by atoms with Gasteiger partial charge in [-0.3, -0.25) is 4.79 Å². The number of hydrogen-bond donors (Lipinski definition) is 1. The highest BCUT2D eigenvalue weighted by molar-refractivity contribution is 9.10. The molecule has 0 radical (unpaired) electrons. The van der Waals surface area contributed by atoms with Crippen molar-refractivity contribution in [3.05, 3.63) is 70.7 Å². The van der Waals surface area contributed by atoms with Gasteiger partial charge in [0.15, 0.2) is 0 Å². The number of halogens is 2. The molecule has 1 aromatic heterocycles. The Labute approximate surface area is 147 Å². The molecule has 0 aliphatic rings. The van der Waals surface area contributed by atoms with E-state index in [4.69, 9.17) is 0 Å². The van der Waals surface area contributed by atoms with Crippen molar-refractivity contribution in [3.63, 3.8) is 0 Å². The lowest BCUT2D eigenvalue weighted by atomic mass is 10.1. The second-order valence-electron chi connectivity index (χ2n) is 5.39. The van der Waals surface area contributed by atoms with Gasteiger partial charge in [0.1, 0.15) is 11.6 Å². The van der Waals surface area contributed by atoms with E-state index in [0.29, 0.717) is 11.0 Å². The Bertz CT molecular complexity index is 874. The molecular weight excluding hydrogens is 373 g/mol. The van der Waals surface area contributed by atoms with Crippen LogP contribution in [-0.4, -0.2) is 15.5 Å². The number of carbonyl (C=O) groups is 1. The molecule has 0 aliphatic carbocycles. The standard InChI is InChI=1S/C18H15BrFN3O/c1-12(24)22-15-5-3-14(4-6-15)18-21-8-9-23(18)11-13-2-7-17(20)16(19)10-13/h2-10H,11H2,1H3,(H,22,24). The molecule has 0 atom stereocenters. The first kappa shape index (κ1) is 16.4. The molecule has 0 spiro atoms. The van der Waals surface area contributed by atoms with Gasteiger partial charge in [0, 0.05) is 37.1 Å². The quantitative estimate of drug-likeness (QED) is 0.718. The van der Waals surface area contributed by atoms with Crippen molar-refractivity contribution in [1.82, 2.24) is 9.55 Å². The summed E-state index contributed by atoms with van der Waals surface area (Å²) in [6.45, 7) is 2.06. The smallest absolute Gasteiger partial charge is 0.221 e. The minimum absolute atomic E-state index is 0.105. The van der Waals surface area contributed by atoms with Crippen molar-refractivity contribution >= 4 is 27.5 Å². The zero-order valence-corrected chi connectivity index (χ0v) is 14.5. The zero-order valence-electron chi connectivity index (χ0n) is 13.0. The van der Waals surface area contributed by atoms with Gasteiger partial charge >= 0.3 is 0 Å². The van der Waals surface area contributed by atoms with Crippen LogP contribution in [0.25, 0.3) is 11.4 Å². The average Bonchev–Trinajstić information content (AvgIpc) is 2.99. The molecule has 6 heteroatoms. The summed E-state index contributed by atoms with van der Waals surface area (Å²) in [7, 11) is 0. The second-order valence-corrected chi connectivity index (χ2v) is 6.24. The van der Waals surface area contributed by atoms with Gasteiger partial charge in [0.05, 0.1) is 4.47 Å². The van der Waals surface area contributed by atoms with Crippen molar-refractivity contribution in [2.75, 3.05) is 5.32 Å². The lowest BCUT2D eigenvalue weighted by molar-refractivity contribution is -0.114. The number of amides is 1. The maximum Gasteiger partial charge on any atom is 0.221 e. The molecule has 0 bridgehead atoms. The molecule has 1 heterocycles. The number of hydrogen-bond acceptors (Lipinski definition) is 2. The van der Waals surface area contributed by atoms with E-state index in [9.17, 15) is 9.18 Å². The van der Waals surface area contributed by atoms with Crippen LogP contribution in [0.15, 0.2) is 59.3 Å². The molecule has 0 fully saturated rings. The fourth-order valence-electron chi connectivity index (χ4n) is 2.44. The molecule has 2 aromatic carbocycles. The third-order valence-electron chi connectivity index (χ3n) is 3.52. The maximum absolute atomic E-state index is 13.4. The Morgan fingerprint density at radius 1 is 1.25 bits per heavy atom. The number of carbonyl (C=O) groups excluding carboxylic acids is 1. The highest BCUT2D eigenvalue weighted by Gasteiger charge is 2.08. The third kappa shape index (κ3) is 3.71. The molecule has 3 aromatic rings. The summed E-state index contributed by atoms with van der Waals surface area (Å²) in [5.74, 6) is 0.425. The summed E-state index contributed by atoms with van der Waals surface area (Å²) >= 11 is 3.21. The Morgan fingerprint density at radius 2 is 2.00 bits per heavy atom. The number of nitrogens with zero attached hydrogens (tertiary/aromatic N) is 2. The Hall–Kier alpha value is -2.47. The van der Waals surface area contributed by atoms with Crippen LogP contribution in [0.5, 0.6) is 0 Å². The number of benzene rings is 2. The summed E-state index contributed by atoms with van der Waals surface area (Å²) < 4.78 is 15.8. The van der Waals surface area contributed by atoms with Gasteiger partial charge < -0.3 is 9.88 Å². The van der Waals surface area contributed by atoms with Crippen molar-refractivity contribution in [3.8, 4) is 11.4 Å². The summed E-state index contributed by atoms with van der Waals surface area (Å²) in [4.78, 5) is 15.5. The number of nitrogens with one attached hydrogen (secondary N) is 1. The fourth-order valence-corrected chi connectivity index (χ4v) is 2.86. The highest BCUT2D eigenvalue weighted by atomic mass is 79.9. The molecule has 0 saturated carbocycles. The highest BCUT2D eigenvalue weighted by Crippen LogP contribution is 2.22. The number of aromatic nitrogens is 2. The summed E-state index contributed by atoms with van der Waals surface area (Å²) in [5, 5.41) is 2.74. The van der Waals surface area contributed by atoms with E-state index in [-0.39, 0.29) is 11.7 Å². The molecule has 0 saturated heterocycles. The van der Waals surface area contributed by atoms with E-state index < -0.39 is 0 Å². The summed E-state index contributed by atoms with van der Waals surface area (Å²) in [5.41, 5.74) is 2.65. The first-order valence-electron chi connectivity index (χ1n) is 7.36. The van der Waals surface area contributed by atoms with Crippen LogP contribution in [0.4, 0.5) is 10.1 Å². The average molecular weight is 388 g/mol. The van der Waals surface area contributed by atoms with Gasteiger partial charge in [0.2, 0.25) is 5.91 Å². The lowest BCUT2D eigenvalue weighted by Crippen LogP contribution is -2.05. The van der Waals surface area contributed by atoms with Gasteiger partial charge in [-0.05, 0) is 57.9 Å². The zero-order chi connectivity index (χ0) is 17.1. The van der Waals surface area contributed by atoms with Gasteiger partial charge in [-0.25, -0.2) is 9.37 Å². The van der Waals surface area contributed by atoms with Gasteiger partial charge in [-0.2, -0.15) is 0 Å². The van der Waals surface area contributed by atoms with Gasteiger partial charge in [0.25, 0.3) is 0 Å². The monoisotopic (exact) mass is 387 g/mol. The number of imidazole rings is 1. The fraction of sp³-hybridized carbons (Fsp3) is 0.111. The molecule has 1 amide bonds. The van der Waals surface area contributed by atoms with Gasteiger partial charge in [-0.15, -0.1) is 0 Å². The van der Waals surface area contributed by atoms with Crippen LogP contribution >= 0.6 is 15.9 Å². The minimum Gasteiger partial charge on any atom is -0.327 e. The van der Waals surface area contributed by atoms with E-state index in [1.807, 2.05) is 35.0 Å². The van der Waals surface area contributed by atoms with E-state index in [1.54, 1.807) is 18.3 Å². The van der Waals surface area contributed by atoms with Crippen LogP contribution in [0.1, 0.15) is 12.5 Å². The van der Waals surface area contributed by atoms with E-state index in [2.05, 4.69) is 26.2 Å². The third-order valence-corrected chi connectivity index (χ3v) is 4.12. The Balaban J connectivity index is 1.84. The first-order valence-corrected chi connectivity index (χ1v) is 8.15. The van der Waals surface area contributed by atoms with Crippen LogP contribution in [-0.2, 0) is 11.3 Å². The number of anilines is 1. The first-order chi connectivity index (χ1) is 11.5. The minimum atomic E-state index is -0.279. The van der Waals surface area contributed by atoms with Crippen LogP contribution in [0, 0.1) is 5.82 Å². The normalized spacial score (nSPS) is 10.6. The topological polar surface area (TPSA) is 46.9 Å². The summed E-state index contributed by atoms with van der Waals surface area (Å²) in [6, 6.07) is 12.4. The molecule has 1 N–H and O–H groups in total. The summed E-state index contributed by atoms with van der Waals surface area (Å²) in [6.07, 6.45) is 3.62. The molecule has 3 rings (SSSR count). The van der Waals surface area contributed by atoms with Crippen molar-refractivity contribution < 1.29 is 9.18 Å². The van der Waals surface area contributed by atoms with Gasteiger partial charge in [-0.1, -0.05) is 6.07 Å². The largest absolute Gasteiger partial charge is 0.327 e. The van der Waals surface area contributed by atoms with E-state index in [1.165, 1.54) is 13.0 Å². The Kier molecular flexibility index (Phi) is 4.76.